The molecular formula is C18H15ClO2. The van der Waals surface area contributed by atoms with Crippen LogP contribution < -0.4 is 0 Å². The molecule has 0 aliphatic heterocycles. The molecular weight excluding hydrogens is 284 g/mol. The van der Waals surface area contributed by atoms with E-state index in [1.54, 1.807) is 13.8 Å². The molecule has 0 aliphatic carbocycles. The van der Waals surface area contributed by atoms with E-state index in [2.05, 4.69) is 0 Å². The van der Waals surface area contributed by atoms with E-state index >= 15 is 0 Å². The van der Waals surface area contributed by atoms with Crippen molar-refractivity contribution in [3.8, 4) is 0 Å². The van der Waals surface area contributed by atoms with Crippen molar-refractivity contribution in [3.63, 3.8) is 0 Å². The minimum Gasteiger partial charge on any atom is -0.481 e. The van der Waals surface area contributed by atoms with Crippen molar-refractivity contribution in [2.45, 2.75) is 19.3 Å². The minimum atomic E-state index is -0.922. The summed E-state index contributed by atoms with van der Waals surface area (Å²) in [5.74, 6) is -0.833. The van der Waals surface area contributed by atoms with Crippen LogP contribution in [0.25, 0.3) is 21.5 Å². The fraction of sp³-hybridized carbons (Fsp3) is 0.167. The zero-order valence-electron chi connectivity index (χ0n) is 11.9. The average Bonchev–Trinajstić information content (AvgIpc) is 2.47. The molecule has 0 saturated carbocycles. The maximum absolute atomic E-state index is 11.5. The summed E-state index contributed by atoms with van der Waals surface area (Å²) >= 11 is 6.32. The summed E-state index contributed by atoms with van der Waals surface area (Å²) in [6.07, 6.45) is 0. The largest absolute Gasteiger partial charge is 0.481 e. The standard InChI is InChI=1S/C18H15ClO2/c1-18(2,17(20)21)12-8-7-11-9-16(19)14-6-4-3-5-13(14)15(11)10-12/h3-10H,1-2H3,(H,20,21). The summed E-state index contributed by atoms with van der Waals surface area (Å²) in [5, 5.41) is 14.2. The second-order valence-corrected chi connectivity index (χ2v) is 6.18. The van der Waals surface area contributed by atoms with Crippen molar-refractivity contribution in [3.05, 3.63) is 59.1 Å². The van der Waals surface area contributed by atoms with Crippen LogP contribution in [-0.2, 0) is 10.2 Å². The van der Waals surface area contributed by atoms with Crippen molar-refractivity contribution in [2.75, 3.05) is 0 Å². The lowest BCUT2D eigenvalue weighted by atomic mass is 9.83. The van der Waals surface area contributed by atoms with E-state index in [1.165, 1.54) is 0 Å². The molecule has 3 rings (SSSR count). The molecule has 0 spiro atoms. The molecule has 0 bridgehead atoms. The van der Waals surface area contributed by atoms with Crippen molar-refractivity contribution in [1.29, 1.82) is 0 Å². The normalized spacial score (nSPS) is 12.0. The van der Waals surface area contributed by atoms with Gasteiger partial charge >= 0.3 is 5.97 Å². The Morgan fingerprint density at radius 3 is 2.33 bits per heavy atom. The predicted octanol–water partition coefficient (Wildman–Crippen LogP) is 5.01. The molecule has 0 saturated heterocycles. The highest BCUT2D eigenvalue weighted by atomic mass is 35.5. The minimum absolute atomic E-state index is 0.711. The van der Waals surface area contributed by atoms with Gasteiger partial charge in [-0.15, -0.1) is 0 Å². The number of fused-ring (bicyclic) bond motifs is 3. The van der Waals surface area contributed by atoms with Crippen molar-refractivity contribution in [2.24, 2.45) is 0 Å². The van der Waals surface area contributed by atoms with Crippen LogP contribution in [0.15, 0.2) is 48.5 Å². The van der Waals surface area contributed by atoms with Gasteiger partial charge in [0.25, 0.3) is 0 Å². The number of aliphatic carboxylic acids is 1. The lowest BCUT2D eigenvalue weighted by Crippen LogP contribution is -2.28. The van der Waals surface area contributed by atoms with Gasteiger partial charge in [0, 0.05) is 10.4 Å². The number of hydrogen-bond acceptors (Lipinski definition) is 1. The number of carboxylic acid groups (broad SMARTS) is 1. The summed E-state index contributed by atoms with van der Waals surface area (Å²) in [5.41, 5.74) is -0.135. The first-order valence-corrected chi connectivity index (χ1v) is 7.14. The Bertz CT molecular complexity index is 866. The van der Waals surface area contributed by atoms with Gasteiger partial charge in [-0.1, -0.05) is 48.0 Å². The summed E-state index contributed by atoms with van der Waals surface area (Å²) in [6.45, 7) is 3.43. The van der Waals surface area contributed by atoms with E-state index in [0.29, 0.717) is 5.02 Å². The first-order valence-electron chi connectivity index (χ1n) is 6.76. The van der Waals surface area contributed by atoms with Gasteiger partial charge in [-0.3, -0.25) is 4.79 Å². The number of hydrogen-bond donors (Lipinski definition) is 1. The number of benzene rings is 3. The Balaban J connectivity index is 2.38. The Labute approximate surface area is 128 Å². The van der Waals surface area contributed by atoms with E-state index in [1.807, 2.05) is 48.5 Å². The third kappa shape index (κ3) is 2.16. The second kappa shape index (κ2) is 4.74. The number of rotatable bonds is 2. The van der Waals surface area contributed by atoms with E-state index in [-0.39, 0.29) is 0 Å². The highest BCUT2D eigenvalue weighted by Crippen LogP contribution is 2.34. The van der Waals surface area contributed by atoms with Crippen LogP contribution in [-0.4, -0.2) is 11.1 Å². The summed E-state index contributed by atoms with van der Waals surface area (Å²) in [7, 11) is 0. The Morgan fingerprint density at radius 1 is 1.00 bits per heavy atom. The van der Waals surface area contributed by atoms with Gasteiger partial charge in [0.15, 0.2) is 0 Å². The van der Waals surface area contributed by atoms with Crippen LogP contribution in [0.1, 0.15) is 19.4 Å². The monoisotopic (exact) mass is 298 g/mol. The Hall–Kier alpha value is -2.06. The van der Waals surface area contributed by atoms with Crippen LogP contribution in [0.2, 0.25) is 5.02 Å². The SMILES string of the molecule is CC(C)(C(=O)O)c1ccc2cc(Cl)c3ccccc3c2c1. The average molecular weight is 299 g/mol. The van der Waals surface area contributed by atoms with E-state index in [9.17, 15) is 9.90 Å². The van der Waals surface area contributed by atoms with Crippen LogP contribution in [0.4, 0.5) is 0 Å². The molecule has 0 aliphatic rings. The number of carboxylic acids is 1. The summed E-state index contributed by atoms with van der Waals surface area (Å²) in [4.78, 5) is 11.5. The van der Waals surface area contributed by atoms with Crippen LogP contribution in [0.5, 0.6) is 0 Å². The molecule has 0 heterocycles. The molecule has 0 aromatic heterocycles. The lowest BCUT2D eigenvalue weighted by Gasteiger charge is -2.20. The molecule has 0 amide bonds. The maximum Gasteiger partial charge on any atom is 0.313 e. The fourth-order valence-electron chi connectivity index (χ4n) is 2.57. The molecule has 3 aromatic carbocycles. The molecule has 0 fully saturated rings. The maximum atomic E-state index is 11.5. The zero-order valence-corrected chi connectivity index (χ0v) is 12.6. The van der Waals surface area contributed by atoms with Crippen LogP contribution in [0, 0.1) is 0 Å². The van der Waals surface area contributed by atoms with E-state index in [4.69, 9.17) is 11.6 Å². The molecule has 21 heavy (non-hydrogen) atoms. The molecule has 3 aromatic rings. The van der Waals surface area contributed by atoms with Gasteiger partial charge in [0.2, 0.25) is 0 Å². The molecule has 0 atom stereocenters. The van der Waals surface area contributed by atoms with Crippen molar-refractivity contribution in [1.82, 2.24) is 0 Å². The van der Waals surface area contributed by atoms with Crippen LogP contribution >= 0.6 is 11.6 Å². The molecule has 0 unspecified atom stereocenters. The van der Waals surface area contributed by atoms with Gasteiger partial charge in [-0.2, -0.15) is 0 Å². The molecule has 3 heteroatoms. The fourth-order valence-corrected chi connectivity index (χ4v) is 2.85. The Kier molecular flexibility index (Phi) is 3.14. The number of carbonyl (C=O) groups is 1. The predicted molar refractivity (Wildman–Crippen MR) is 87.1 cm³/mol. The zero-order chi connectivity index (χ0) is 15.2. The smallest absolute Gasteiger partial charge is 0.313 e. The number of halogens is 1. The third-order valence-electron chi connectivity index (χ3n) is 4.07. The van der Waals surface area contributed by atoms with Gasteiger partial charge in [0.1, 0.15) is 0 Å². The van der Waals surface area contributed by atoms with Crippen molar-refractivity contribution >= 4 is 39.1 Å². The highest BCUT2D eigenvalue weighted by Gasteiger charge is 2.29. The Morgan fingerprint density at radius 2 is 1.67 bits per heavy atom. The van der Waals surface area contributed by atoms with Gasteiger partial charge in [-0.05, 0) is 47.7 Å². The third-order valence-corrected chi connectivity index (χ3v) is 4.38. The topological polar surface area (TPSA) is 37.3 Å². The van der Waals surface area contributed by atoms with E-state index < -0.39 is 11.4 Å². The first kappa shape index (κ1) is 13.9. The summed E-state index contributed by atoms with van der Waals surface area (Å²) < 4.78 is 0. The van der Waals surface area contributed by atoms with Gasteiger partial charge in [-0.25, -0.2) is 0 Å². The van der Waals surface area contributed by atoms with Gasteiger partial charge in [0.05, 0.1) is 5.41 Å². The van der Waals surface area contributed by atoms with Crippen LogP contribution in [0.3, 0.4) is 0 Å². The van der Waals surface area contributed by atoms with E-state index in [0.717, 1.165) is 27.1 Å². The van der Waals surface area contributed by atoms with Gasteiger partial charge < -0.3 is 5.11 Å². The molecule has 2 nitrogen and oxygen atoms in total. The quantitative estimate of drug-likeness (QED) is 0.675. The lowest BCUT2D eigenvalue weighted by molar-refractivity contribution is -0.142. The second-order valence-electron chi connectivity index (χ2n) is 5.77. The highest BCUT2D eigenvalue weighted by molar-refractivity contribution is 6.37. The first-order chi connectivity index (χ1) is 9.91. The molecule has 106 valence electrons. The van der Waals surface area contributed by atoms with Crippen molar-refractivity contribution < 1.29 is 9.90 Å². The summed E-state index contributed by atoms with van der Waals surface area (Å²) in [6, 6.07) is 15.6. The molecule has 1 N–H and O–H groups in total. The molecule has 0 radical (unpaired) electrons.